The van der Waals surface area contributed by atoms with Crippen LogP contribution < -0.4 is 4.74 Å². The van der Waals surface area contributed by atoms with Gasteiger partial charge in [0.05, 0.1) is 5.52 Å². The van der Waals surface area contributed by atoms with Crippen molar-refractivity contribution in [2.75, 3.05) is 13.1 Å². The van der Waals surface area contributed by atoms with Crippen molar-refractivity contribution >= 4 is 17.1 Å². The standard InChI is InChI=1S/C25H27F3N4O2/c26-25(27,28)34-19-8-6-18(7-9-19)24(33)32-14-11-16(12-15-32)20-10-13-29-23-21(20)30-22(31-23)17-4-2-1-3-5-17/h6-10,13,16-17H,1-5,11-12,14-15H2,(H,29,30,31). The highest BCUT2D eigenvalue weighted by Crippen LogP contribution is 2.35. The Morgan fingerprint density at radius 3 is 2.35 bits per heavy atom. The molecule has 3 aromatic rings. The molecule has 1 aromatic carbocycles. The SMILES string of the molecule is O=C(c1ccc(OC(F)(F)F)cc1)N1CCC(c2ccnc3nc(C4CCCCC4)[nH]c23)CC1. The van der Waals surface area contributed by atoms with Crippen molar-refractivity contribution in [2.45, 2.75) is 63.1 Å². The van der Waals surface area contributed by atoms with Crippen LogP contribution in [0, 0.1) is 0 Å². The summed E-state index contributed by atoms with van der Waals surface area (Å²) in [6.45, 7) is 1.16. The van der Waals surface area contributed by atoms with Crippen molar-refractivity contribution < 1.29 is 22.7 Å². The maximum absolute atomic E-state index is 12.9. The number of piperidine rings is 1. The predicted molar refractivity (Wildman–Crippen MR) is 121 cm³/mol. The number of halogens is 3. The van der Waals surface area contributed by atoms with E-state index in [1.54, 1.807) is 4.90 Å². The second-order valence-electron chi connectivity index (χ2n) is 9.19. The first kappa shape index (κ1) is 22.7. The van der Waals surface area contributed by atoms with Gasteiger partial charge in [0.1, 0.15) is 11.6 Å². The van der Waals surface area contributed by atoms with Crippen molar-refractivity contribution in [1.82, 2.24) is 19.9 Å². The van der Waals surface area contributed by atoms with Crippen LogP contribution in [0.2, 0.25) is 0 Å². The van der Waals surface area contributed by atoms with Gasteiger partial charge in [-0.15, -0.1) is 13.2 Å². The largest absolute Gasteiger partial charge is 0.573 e. The molecule has 1 aliphatic heterocycles. The van der Waals surface area contributed by atoms with Gasteiger partial charge in [0.15, 0.2) is 5.65 Å². The van der Waals surface area contributed by atoms with Gasteiger partial charge in [-0.25, -0.2) is 9.97 Å². The number of aromatic nitrogens is 3. The number of benzene rings is 1. The monoisotopic (exact) mass is 472 g/mol. The van der Waals surface area contributed by atoms with Gasteiger partial charge >= 0.3 is 6.36 Å². The molecule has 3 heterocycles. The van der Waals surface area contributed by atoms with Crippen LogP contribution >= 0.6 is 0 Å². The maximum atomic E-state index is 12.9. The van der Waals surface area contributed by atoms with Crippen LogP contribution in [-0.4, -0.2) is 45.2 Å². The summed E-state index contributed by atoms with van der Waals surface area (Å²) in [5.74, 6) is 1.29. The van der Waals surface area contributed by atoms with Crippen LogP contribution in [0.15, 0.2) is 36.5 Å². The van der Waals surface area contributed by atoms with Gasteiger partial charge < -0.3 is 14.6 Å². The molecule has 1 saturated heterocycles. The number of alkyl halides is 3. The molecule has 2 fully saturated rings. The fourth-order valence-electron chi connectivity index (χ4n) is 5.23. The number of imidazole rings is 1. The molecule has 5 rings (SSSR count). The lowest BCUT2D eigenvalue weighted by Crippen LogP contribution is -2.38. The quantitative estimate of drug-likeness (QED) is 0.511. The van der Waals surface area contributed by atoms with E-state index in [4.69, 9.17) is 4.98 Å². The number of H-pyrrole nitrogens is 1. The molecule has 9 heteroatoms. The molecule has 0 atom stereocenters. The maximum Gasteiger partial charge on any atom is 0.573 e. The number of carbonyl (C=O) groups excluding carboxylic acids is 1. The second-order valence-corrected chi connectivity index (χ2v) is 9.19. The molecule has 2 aromatic heterocycles. The summed E-state index contributed by atoms with van der Waals surface area (Å²) in [5, 5.41) is 0. The van der Waals surface area contributed by atoms with E-state index in [1.807, 2.05) is 12.3 Å². The predicted octanol–water partition coefficient (Wildman–Crippen LogP) is 5.92. The van der Waals surface area contributed by atoms with Gasteiger partial charge in [-0.3, -0.25) is 4.79 Å². The van der Waals surface area contributed by atoms with E-state index in [0.29, 0.717) is 24.6 Å². The highest BCUT2D eigenvalue weighted by atomic mass is 19.4. The summed E-state index contributed by atoms with van der Waals surface area (Å²) in [4.78, 5) is 27.5. The Kier molecular flexibility index (Phi) is 6.18. The number of fused-ring (bicyclic) bond motifs is 1. The first-order valence-corrected chi connectivity index (χ1v) is 11.9. The lowest BCUT2D eigenvalue weighted by atomic mass is 9.88. The average molecular weight is 473 g/mol. The third-order valence-corrected chi connectivity index (χ3v) is 6.99. The molecule has 1 N–H and O–H groups in total. The van der Waals surface area contributed by atoms with Crippen molar-refractivity contribution in [3.05, 3.63) is 53.5 Å². The zero-order chi connectivity index (χ0) is 23.7. The molecule has 180 valence electrons. The van der Waals surface area contributed by atoms with Crippen LogP contribution in [-0.2, 0) is 0 Å². The number of hydrogen-bond donors (Lipinski definition) is 1. The number of likely N-dealkylation sites (tertiary alicyclic amines) is 1. The molecule has 2 aliphatic rings. The minimum atomic E-state index is -4.75. The van der Waals surface area contributed by atoms with Crippen LogP contribution in [0.1, 0.15) is 78.5 Å². The van der Waals surface area contributed by atoms with Gasteiger partial charge in [-0.1, -0.05) is 19.3 Å². The third kappa shape index (κ3) is 4.88. The zero-order valence-electron chi connectivity index (χ0n) is 18.8. The number of nitrogens with one attached hydrogen (secondary N) is 1. The van der Waals surface area contributed by atoms with Crippen LogP contribution in [0.25, 0.3) is 11.2 Å². The Bertz CT molecular complexity index is 1150. The first-order valence-electron chi connectivity index (χ1n) is 11.9. The van der Waals surface area contributed by atoms with Crippen LogP contribution in [0.5, 0.6) is 5.75 Å². The summed E-state index contributed by atoms with van der Waals surface area (Å²) in [6, 6.07) is 7.14. The molecule has 1 aliphatic carbocycles. The number of nitrogens with zero attached hydrogens (tertiary/aromatic N) is 3. The van der Waals surface area contributed by atoms with Gasteiger partial charge in [0, 0.05) is 30.8 Å². The van der Waals surface area contributed by atoms with Crippen molar-refractivity contribution in [3.8, 4) is 5.75 Å². The van der Waals surface area contributed by atoms with Gasteiger partial charge in [-0.2, -0.15) is 0 Å². The smallest absolute Gasteiger partial charge is 0.406 e. The van der Waals surface area contributed by atoms with E-state index in [-0.39, 0.29) is 17.6 Å². The minimum absolute atomic E-state index is 0.182. The van der Waals surface area contributed by atoms with E-state index >= 15 is 0 Å². The van der Waals surface area contributed by atoms with Crippen molar-refractivity contribution in [3.63, 3.8) is 0 Å². The number of ether oxygens (including phenoxy) is 1. The minimum Gasteiger partial charge on any atom is -0.406 e. The van der Waals surface area contributed by atoms with Crippen molar-refractivity contribution in [1.29, 1.82) is 0 Å². The Balaban J connectivity index is 1.25. The lowest BCUT2D eigenvalue weighted by Gasteiger charge is -2.32. The molecular weight excluding hydrogens is 445 g/mol. The highest BCUT2D eigenvalue weighted by Gasteiger charge is 2.31. The summed E-state index contributed by atoms with van der Waals surface area (Å²) in [5.41, 5.74) is 3.32. The topological polar surface area (TPSA) is 71.1 Å². The molecule has 34 heavy (non-hydrogen) atoms. The number of amides is 1. The summed E-state index contributed by atoms with van der Waals surface area (Å²) in [6.07, 6.45) is 4.78. The molecule has 0 spiro atoms. The van der Waals surface area contributed by atoms with Gasteiger partial charge in [-0.05, 0) is 67.5 Å². The Morgan fingerprint density at radius 2 is 1.68 bits per heavy atom. The van der Waals surface area contributed by atoms with Crippen molar-refractivity contribution in [2.24, 2.45) is 0 Å². The van der Waals surface area contributed by atoms with Crippen LogP contribution in [0.3, 0.4) is 0 Å². The van der Waals surface area contributed by atoms with E-state index in [9.17, 15) is 18.0 Å². The molecule has 0 bridgehead atoms. The Labute approximate surface area is 195 Å². The summed E-state index contributed by atoms with van der Waals surface area (Å²) >= 11 is 0. The normalized spacial score (nSPS) is 18.4. The average Bonchev–Trinajstić information content (AvgIpc) is 3.28. The number of aromatic amines is 1. The number of pyridine rings is 1. The Hall–Kier alpha value is -3.10. The number of carbonyl (C=O) groups is 1. The van der Waals surface area contributed by atoms with E-state index in [2.05, 4.69) is 14.7 Å². The highest BCUT2D eigenvalue weighted by molar-refractivity contribution is 5.94. The summed E-state index contributed by atoms with van der Waals surface area (Å²) in [7, 11) is 0. The molecule has 1 saturated carbocycles. The molecule has 0 unspecified atom stereocenters. The Morgan fingerprint density at radius 1 is 0.971 bits per heavy atom. The lowest BCUT2D eigenvalue weighted by molar-refractivity contribution is -0.274. The van der Waals surface area contributed by atoms with Gasteiger partial charge in [0.2, 0.25) is 0 Å². The van der Waals surface area contributed by atoms with E-state index in [0.717, 1.165) is 29.8 Å². The first-order chi connectivity index (χ1) is 16.4. The number of rotatable bonds is 4. The third-order valence-electron chi connectivity index (χ3n) is 6.99. The molecule has 6 nitrogen and oxygen atoms in total. The van der Waals surface area contributed by atoms with Crippen LogP contribution in [0.4, 0.5) is 13.2 Å². The fraction of sp³-hybridized carbons (Fsp3) is 0.480. The fourth-order valence-corrected chi connectivity index (χ4v) is 5.23. The van der Waals surface area contributed by atoms with Gasteiger partial charge in [0.25, 0.3) is 5.91 Å². The molecule has 0 radical (unpaired) electrons. The number of hydrogen-bond acceptors (Lipinski definition) is 4. The molecule has 1 amide bonds. The summed E-state index contributed by atoms with van der Waals surface area (Å²) < 4.78 is 40.9. The second kappa shape index (κ2) is 9.27. The molecular formula is C25H27F3N4O2. The van der Waals surface area contributed by atoms with E-state index in [1.165, 1.54) is 61.9 Å². The van der Waals surface area contributed by atoms with E-state index < -0.39 is 6.36 Å². The zero-order valence-corrected chi connectivity index (χ0v) is 18.8.